The van der Waals surface area contributed by atoms with Gasteiger partial charge in [0.2, 0.25) is 11.8 Å². The van der Waals surface area contributed by atoms with Crippen LogP contribution in [0.1, 0.15) is 36.4 Å². The van der Waals surface area contributed by atoms with Gasteiger partial charge in [0.25, 0.3) is 0 Å². The minimum absolute atomic E-state index is 0.114. The maximum atomic E-state index is 12.9. The van der Waals surface area contributed by atoms with E-state index in [1.807, 2.05) is 40.1 Å². The Morgan fingerprint density at radius 1 is 0.903 bits per heavy atom. The minimum Gasteiger partial charge on any atom is -0.339 e. The molecule has 2 aromatic rings. The van der Waals surface area contributed by atoms with Crippen molar-refractivity contribution in [1.29, 1.82) is 0 Å². The van der Waals surface area contributed by atoms with Crippen LogP contribution in [-0.4, -0.2) is 53.8 Å². The van der Waals surface area contributed by atoms with E-state index in [1.165, 1.54) is 5.56 Å². The SMILES string of the molecule is O=C(CCCc1ccccc1)N1CCN(C(=O)C2CC(c3ccc(Br)cc3)NN2)CC1. The number of carbonyl (C=O) groups is 2. The molecule has 2 N–H and O–H groups in total. The highest BCUT2D eigenvalue weighted by molar-refractivity contribution is 9.10. The van der Waals surface area contributed by atoms with Gasteiger partial charge in [-0.15, -0.1) is 0 Å². The van der Waals surface area contributed by atoms with E-state index in [1.54, 1.807) is 0 Å². The molecule has 0 aliphatic carbocycles. The molecule has 164 valence electrons. The fourth-order valence-corrected chi connectivity index (χ4v) is 4.54. The number of piperazine rings is 1. The van der Waals surface area contributed by atoms with Crippen molar-refractivity contribution in [2.45, 2.75) is 37.8 Å². The molecule has 2 aromatic carbocycles. The summed E-state index contributed by atoms with van der Waals surface area (Å²) in [5.74, 6) is 0.308. The number of hydrogen-bond acceptors (Lipinski definition) is 4. The Balaban J connectivity index is 1.20. The average Bonchev–Trinajstić information content (AvgIpc) is 3.30. The first kappa shape index (κ1) is 22.0. The van der Waals surface area contributed by atoms with Gasteiger partial charge in [0, 0.05) is 43.1 Å². The summed E-state index contributed by atoms with van der Waals surface area (Å²) in [6.45, 7) is 2.44. The Morgan fingerprint density at radius 3 is 2.29 bits per heavy atom. The van der Waals surface area contributed by atoms with Crippen LogP contribution in [0.2, 0.25) is 0 Å². The van der Waals surface area contributed by atoms with Crippen LogP contribution in [0.15, 0.2) is 59.1 Å². The molecule has 4 rings (SSSR count). The lowest BCUT2D eigenvalue weighted by atomic mass is 10.0. The molecule has 2 atom stereocenters. The molecule has 0 aromatic heterocycles. The van der Waals surface area contributed by atoms with Crippen molar-refractivity contribution >= 4 is 27.7 Å². The number of hydrazine groups is 1. The smallest absolute Gasteiger partial charge is 0.241 e. The number of rotatable bonds is 6. The molecule has 31 heavy (non-hydrogen) atoms. The number of halogens is 1. The minimum atomic E-state index is -0.234. The van der Waals surface area contributed by atoms with E-state index in [9.17, 15) is 9.59 Å². The van der Waals surface area contributed by atoms with Crippen molar-refractivity contribution in [2.75, 3.05) is 26.2 Å². The summed E-state index contributed by atoms with van der Waals surface area (Å²) in [7, 11) is 0. The second kappa shape index (κ2) is 10.4. The van der Waals surface area contributed by atoms with Crippen molar-refractivity contribution in [3.63, 3.8) is 0 Å². The van der Waals surface area contributed by atoms with Crippen molar-refractivity contribution in [2.24, 2.45) is 0 Å². The first-order valence-corrected chi connectivity index (χ1v) is 11.8. The highest BCUT2D eigenvalue weighted by Gasteiger charge is 2.34. The monoisotopic (exact) mass is 484 g/mol. The van der Waals surface area contributed by atoms with Gasteiger partial charge in [0.15, 0.2) is 0 Å². The van der Waals surface area contributed by atoms with Crippen LogP contribution in [0.4, 0.5) is 0 Å². The molecule has 7 heteroatoms. The van der Waals surface area contributed by atoms with Crippen molar-refractivity contribution in [1.82, 2.24) is 20.7 Å². The number of nitrogens with zero attached hydrogens (tertiary/aromatic N) is 2. The molecule has 0 radical (unpaired) electrons. The second-order valence-corrected chi connectivity index (χ2v) is 9.14. The highest BCUT2D eigenvalue weighted by atomic mass is 79.9. The third-order valence-electron chi connectivity index (χ3n) is 6.12. The lowest BCUT2D eigenvalue weighted by molar-refractivity contribution is -0.140. The molecule has 2 unspecified atom stereocenters. The van der Waals surface area contributed by atoms with Gasteiger partial charge in [-0.25, -0.2) is 10.9 Å². The lowest BCUT2D eigenvalue weighted by Gasteiger charge is -2.36. The number of amides is 2. The maximum Gasteiger partial charge on any atom is 0.241 e. The van der Waals surface area contributed by atoms with Crippen LogP contribution in [-0.2, 0) is 16.0 Å². The van der Waals surface area contributed by atoms with Gasteiger partial charge >= 0.3 is 0 Å². The van der Waals surface area contributed by atoms with Gasteiger partial charge in [-0.3, -0.25) is 9.59 Å². The zero-order valence-electron chi connectivity index (χ0n) is 17.6. The number of benzene rings is 2. The fraction of sp³-hybridized carbons (Fsp3) is 0.417. The third kappa shape index (κ3) is 5.73. The topological polar surface area (TPSA) is 64.7 Å². The summed E-state index contributed by atoms with van der Waals surface area (Å²) >= 11 is 3.46. The number of aryl methyl sites for hydroxylation is 1. The highest BCUT2D eigenvalue weighted by Crippen LogP contribution is 2.25. The molecule has 2 aliphatic rings. The Kier molecular flexibility index (Phi) is 7.37. The molecule has 0 spiro atoms. The molecule has 2 saturated heterocycles. The van der Waals surface area contributed by atoms with E-state index < -0.39 is 0 Å². The summed E-state index contributed by atoms with van der Waals surface area (Å²) < 4.78 is 1.04. The summed E-state index contributed by atoms with van der Waals surface area (Å²) in [5.41, 5.74) is 8.84. The Morgan fingerprint density at radius 2 is 1.58 bits per heavy atom. The van der Waals surface area contributed by atoms with E-state index in [0.29, 0.717) is 32.6 Å². The fourth-order valence-electron chi connectivity index (χ4n) is 4.27. The number of carbonyl (C=O) groups excluding carboxylic acids is 2. The predicted octanol–water partition coefficient (Wildman–Crippen LogP) is 3.05. The zero-order valence-corrected chi connectivity index (χ0v) is 19.2. The maximum absolute atomic E-state index is 12.9. The van der Waals surface area contributed by atoms with Gasteiger partial charge in [0.05, 0.1) is 0 Å². The molecular weight excluding hydrogens is 456 g/mol. The molecule has 0 bridgehead atoms. The summed E-state index contributed by atoms with van der Waals surface area (Å²) in [6.07, 6.45) is 3.06. The van der Waals surface area contributed by atoms with E-state index in [-0.39, 0.29) is 23.9 Å². The molecular formula is C24H29BrN4O2. The van der Waals surface area contributed by atoms with Crippen molar-refractivity contribution in [3.8, 4) is 0 Å². The van der Waals surface area contributed by atoms with Crippen LogP contribution in [0.3, 0.4) is 0 Å². The Bertz CT molecular complexity index is 882. The normalized spacial score (nSPS) is 21.3. The van der Waals surface area contributed by atoms with Crippen LogP contribution in [0.5, 0.6) is 0 Å². The van der Waals surface area contributed by atoms with Crippen LogP contribution in [0, 0.1) is 0 Å². The molecule has 0 saturated carbocycles. The first-order chi connectivity index (χ1) is 15.1. The van der Waals surface area contributed by atoms with Gasteiger partial charge in [0.1, 0.15) is 6.04 Å². The van der Waals surface area contributed by atoms with E-state index in [2.05, 4.69) is 51.0 Å². The Labute approximate surface area is 192 Å². The van der Waals surface area contributed by atoms with Gasteiger partial charge in [-0.2, -0.15) is 0 Å². The molecule has 2 fully saturated rings. The molecule has 2 aliphatic heterocycles. The number of nitrogens with one attached hydrogen (secondary N) is 2. The van der Waals surface area contributed by atoms with E-state index in [0.717, 1.165) is 29.3 Å². The zero-order chi connectivity index (χ0) is 21.6. The second-order valence-electron chi connectivity index (χ2n) is 8.23. The molecule has 6 nitrogen and oxygen atoms in total. The van der Waals surface area contributed by atoms with Gasteiger partial charge in [-0.1, -0.05) is 58.4 Å². The van der Waals surface area contributed by atoms with E-state index in [4.69, 9.17) is 0 Å². The van der Waals surface area contributed by atoms with Crippen LogP contribution >= 0.6 is 15.9 Å². The van der Waals surface area contributed by atoms with Crippen molar-refractivity contribution in [3.05, 3.63) is 70.2 Å². The largest absolute Gasteiger partial charge is 0.339 e. The van der Waals surface area contributed by atoms with Gasteiger partial charge in [-0.05, 0) is 42.5 Å². The van der Waals surface area contributed by atoms with Crippen molar-refractivity contribution < 1.29 is 9.59 Å². The number of hydrogen-bond donors (Lipinski definition) is 2. The van der Waals surface area contributed by atoms with E-state index >= 15 is 0 Å². The summed E-state index contributed by atoms with van der Waals surface area (Å²) in [4.78, 5) is 29.3. The van der Waals surface area contributed by atoms with Crippen LogP contribution in [0.25, 0.3) is 0 Å². The average molecular weight is 485 g/mol. The molecule has 2 amide bonds. The summed E-state index contributed by atoms with van der Waals surface area (Å²) in [5, 5.41) is 0. The summed E-state index contributed by atoms with van der Waals surface area (Å²) in [6, 6.07) is 18.3. The quantitative estimate of drug-likeness (QED) is 0.661. The standard InChI is InChI=1S/C24H29BrN4O2/c25-20-11-9-19(10-12-20)21-17-22(27-26-21)24(31)29-15-13-28(14-16-29)23(30)8-4-7-18-5-2-1-3-6-18/h1-3,5-6,9-12,21-22,26-27H,4,7-8,13-17H2. The Hall–Kier alpha value is -2.22. The van der Waals surface area contributed by atoms with Crippen LogP contribution < -0.4 is 10.9 Å². The first-order valence-electron chi connectivity index (χ1n) is 11.0. The third-order valence-corrected chi connectivity index (χ3v) is 6.65. The van der Waals surface area contributed by atoms with Gasteiger partial charge < -0.3 is 9.80 Å². The molecule has 2 heterocycles. The lowest BCUT2D eigenvalue weighted by Crippen LogP contribution is -2.54. The predicted molar refractivity (Wildman–Crippen MR) is 124 cm³/mol.